The van der Waals surface area contributed by atoms with E-state index < -0.39 is 0 Å². The van der Waals surface area contributed by atoms with Gasteiger partial charge in [-0.2, -0.15) is 0 Å². The molecule has 0 fully saturated rings. The van der Waals surface area contributed by atoms with Gasteiger partial charge in [-0.25, -0.2) is 0 Å². The Morgan fingerprint density at radius 3 is 2.03 bits per heavy atom. The molecule has 4 heterocycles. The number of anilines is 2. The van der Waals surface area contributed by atoms with E-state index in [0.717, 1.165) is 21.3 Å². The highest BCUT2D eigenvalue weighted by atomic mass is 32.1. The highest BCUT2D eigenvalue weighted by molar-refractivity contribution is 7.18. The summed E-state index contributed by atoms with van der Waals surface area (Å²) in [7, 11) is 3.46. The second-order valence-corrected chi connectivity index (χ2v) is 8.62. The number of aromatic nitrogens is 6. The van der Waals surface area contributed by atoms with Crippen LogP contribution < -0.4 is 10.2 Å². The van der Waals surface area contributed by atoms with Gasteiger partial charge in [-0.05, 0) is 31.2 Å². The second-order valence-electron chi connectivity index (χ2n) is 6.69. The number of hydrogen-bond acceptors (Lipinski definition) is 11. The lowest BCUT2D eigenvalue weighted by atomic mass is 10.2. The van der Waals surface area contributed by atoms with Crippen LogP contribution in [0.25, 0.3) is 21.1 Å². The molecule has 0 aromatic carbocycles. The normalized spacial score (nSPS) is 10.2. The van der Waals surface area contributed by atoms with Crippen molar-refractivity contribution in [3.05, 3.63) is 49.1 Å². The van der Waals surface area contributed by atoms with Crippen LogP contribution in [-0.4, -0.2) is 56.1 Å². The third-order valence-electron chi connectivity index (χ3n) is 4.22. The van der Waals surface area contributed by atoms with Gasteiger partial charge in [0.15, 0.2) is 10.0 Å². The van der Waals surface area contributed by atoms with Crippen LogP contribution in [0.3, 0.4) is 0 Å². The van der Waals surface area contributed by atoms with Gasteiger partial charge in [0.2, 0.25) is 16.2 Å². The number of hydrogen-bond donors (Lipinski definition) is 1. The lowest BCUT2D eigenvalue weighted by Crippen LogP contribution is -2.26. The zero-order valence-electron chi connectivity index (χ0n) is 18.3. The van der Waals surface area contributed by atoms with Crippen molar-refractivity contribution in [2.24, 2.45) is 0 Å². The van der Waals surface area contributed by atoms with E-state index in [1.54, 1.807) is 31.8 Å². The number of pyridine rings is 2. The number of Topliss-reactive ketones (excluding diaryl/α,β-unsaturated/α-hetero) is 1. The molecule has 1 N–H and O–H groups in total. The molecule has 1 amide bonds. The van der Waals surface area contributed by atoms with Crippen molar-refractivity contribution in [2.45, 2.75) is 19.8 Å². The average molecular weight is 483 g/mol. The van der Waals surface area contributed by atoms with Crippen molar-refractivity contribution in [3.8, 4) is 21.1 Å². The van der Waals surface area contributed by atoms with E-state index in [2.05, 4.69) is 35.7 Å². The standard InChI is InChI=1S/C13H14N4O2S.C8H8N4S/c1-9(18)5-6-11(19)17(2)13-16-15-12(20-13)10-4-3-7-14-8-10;1-9-8-12-11-7(13-8)6-3-2-4-10-5-6/h3-4,7-8H,5-6H2,1-2H3;2-5H,1H3,(H,9,12). The van der Waals surface area contributed by atoms with E-state index in [4.69, 9.17) is 0 Å². The fourth-order valence-electron chi connectivity index (χ4n) is 2.44. The third-order valence-corrected chi connectivity index (χ3v) is 6.26. The molecule has 0 atom stereocenters. The summed E-state index contributed by atoms with van der Waals surface area (Å²) in [5.41, 5.74) is 1.86. The molecule has 4 aromatic heterocycles. The van der Waals surface area contributed by atoms with E-state index in [-0.39, 0.29) is 24.5 Å². The van der Waals surface area contributed by atoms with Crippen molar-refractivity contribution < 1.29 is 9.59 Å². The van der Waals surface area contributed by atoms with Gasteiger partial charge >= 0.3 is 0 Å². The van der Waals surface area contributed by atoms with E-state index in [1.807, 2.05) is 31.3 Å². The van der Waals surface area contributed by atoms with Crippen LogP contribution in [0, 0.1) is 0 Å². The number of amides is 1. The molecule has 33 heavy (non-hydrogen) atoms. The zero-order chi connectivity index (χ0) is 23.6. The summed E-state index contributed by atoms with van der Waals surface area (Å²) < 4.78 is 0. The van der Waals surface area contributed by atoms with Crippen molar-refractivity contribution in [1.29, 1.82) is 0 Å². The summed E-state index contributed by atoms with van der Waals surface area (Å²) in [5, 5.41) is 21.9. The van der Waals surface area contributed by atoms with Gasteiger partial charge in [-0.3, -0.25) is 19.7 Å². The minimum Gasteiger partial charge on any atom is -0.363 e. The fraction of sp³-hybridized carbons (Fsp3) is 0.238. The highest BCUT2D eigenvalue weighted by Gasteiger charge is 2.16. The van der Waals surface area contributed by atoms with Crippen molar-refractivity contribution in [1.82, 2.24) is 30.4 Å². The summed E-state index contributed by atoms with van der Waals surface area (Å²) in [5.74, 6) is -0.144. The zero-order valence-corrected chi connectivity index (χ0v) is 19.9. The largest absolute Gasteiger partial charge is 0.363 e. The molecule has 0 unspecified atom stereocenters. The third kappa shape index (κ3) is 6.92. The topological polar surface area (TPSA) is 127 Å². The van der Waals surface area contributed by atoms with E-state index in [0.29, 0.717) is 10.1 Å². The summed E-state index contributed by atoms with van der Waals surface area (Å²) in [6, 6.07) is 7.55. The SMILES string of the molecule is CC(=O)CCC(=O)N(C)c1nnc(-c2cccnc2)s1.CNc1nnc(-c2cccnc2)s1. The minimum absolute atomic E-state index is 0.0000581. The Morgan fingerprint density at radius 1 is 0.909 bits per heavy atom. The van der Waals surface area contributed by atoms with E-state index in [1.165, 1.54) is 34.5 Å². The molecule has 4 rings (SSSR count). The smallest absolute Gasteiger partial charge is 0.228 e. The van der Waals surface area contributed by atoms with Crippen LogP contribution >= 0.6 is 22.7 Å². The number of carbonyl (C=O) groups is 2. The van der Waals surface area contributed by atoms with Gasteiger partial charge in [0.05, 0.1) is 0 Å². The van der Waals surface area contributed by atoms with Gasteiger partial charge in [-0.1, -0.05) is 22.7 Å². The molecular formula is C21H22N8O2S2. The maximum Gasteiger partial charge on any atom is 0.228 e. The maximum absolute atomic E-state index is 11.9. The molecule has 4 aromatic rings. The lowest BCUT2D eigenvalue weighted by Gasteiger charge is -2.11. The van der Waals surface area contributed by atoms with Crippen molar-refractivity contribution in [3.63, 3.8) is 0 Å². The predicted octanol–water partition coefficient (Wildman–Crippen LogP) is 3.57. The molecule has 0 saturated heterocycles. The molecule has 12 heteroatoms. The number of carbonyl (C=O) groups excluding carboxylic acids is 2. The number of nitrogens with one attached hydrogen (secondary N) is 1. The molecule has 0 aliphatic rings. The quantitative estimate of drug-likeness (QED) is 0.420. The van der Waals surface area contributed by atoms with Crippen molar-refractivity contribution >= 4 is 44.6 Å². The Labute approximate surface area is 198 Å². The monoisotopic (exact) mass is 482 g/mol. The Hall–Kier alpha value is -3.64. The summed E-state index contributed by atoms with van der Waals surface area (Å²) >= 11 is 2.83. The molecule has 0 spiro atoms. The second kappa shape index (κ2) is 11.8. The summed E-state index contributed by atoms with van der Waals surface area (Å²) in [4.78, 5) is 32.3. The number of rotatable bonds is 7. The lowest BCUT2D eigenvalue weighted by molar-refractivity contribution is -0.122. The highest BCUT2D eigenvalue weighted by Crippen LogP contribution is 2.28. The first kappa shape index (κ1) is 24.0. The molecule has 0 aliphatic carbocycles. The Morgan fingerprint density at radius 2 is 1.52 bits per heavy atom. The van der Waals surface area contributed by atoms with Crippen LogP contribution in [0.2, 0.25) is 0 Å². The van der Waals surface area contributed by atoms with Gasteiger partial charge in [0.25, 0.3) is 0 Å². The Bertz CT molecular complexity index is 1180. The molecule has 0 bridgehead atoms. The minimum atomic E-state index is -0.144. The molecule has 170 valence electrons. The van der Waals surface area contributed by atoms with Crippen molar-refractivity contribution in [2.75, 3.05) is 24.3 Å². The van der Waals surface area contributed by atoms with Crippen LogP contribution in [0.4, 0.5) is 10.3 Å². The van der Waals surface area contributed by atoms with Gasteiger partial charge in [0.1, 0.15) is 5.78 Å². The maximum atomic E-state index is 11.9. The molecule has 0 radical (unpaired) electrons. The van der Waals surface area contributed by atoms with E-state index in [9.17, 15) is 9.59 Å². The molecule has 0 aliphatic heterocycles. The number of nitrogens with zero attached hydrogens (tertiary/aromatic N) is 7. The van der Waals surface area contributed by atoms with Gasteiger partial charge in [0, 0.05) is 62.9 Å². The fourth-order valence-corrected chi connectivity index (χ4v) is 3.95. The number of ketones is 1. The molecule has 0 saturated carbocycles. The van der Waals surface area contributed by atoms with Crippen LogP contribution in [-0.2, 0) is 9.59 Å². The average Bonchev–Trinajstić information content (AvgIpc) is 3.54. The first-order valence-corrected chi connectivity index (χ1v) is 11.5. The summed E-state index contributed by atoms with van der Waals surface area (Å²) in [6.07, 6.45) is 7.33. The Balaban J connectivity index is 0.000000203. The van der Waals surface area contributed by atoms with Gasteiger partial charge in [-0.15, -0.1) is 20.4 Å². The van der Waals surface area contributed by atoms with E-state index >= 15 is 0 Å². The van der Waals surface area contributed by atoms with Crippen LogP contribution in [0.15, 0.2) is 49.1 Å². The molecular weight excluding hydrogens is 460 g/mol. The Kier molecular flexibility index (Phi) is 8.61. The van der Waals surface area contributed by atoms with Crippen LogP contribution in [0.5, 0.6) is 0 Å². The van der Waals surface area contributed by atoms with Crippen LogP contribution in [0.1, 0.15) is 19.8 Å². The molecule has 10 nitrogen and oxygen atoms in total. The first-order chi connectivity index (χ1) is 16.0. The summed E-state index contributed by atoms with van der Waals surface area (Å²) in [6.45, 7) is 1.47. The van der Waals surface area contributed by atoms with Gasteiger partial charge < -0.3 is 10.1 Å². The first-order valence-electron chi connectivity index (χ1n) is 9.89. The predicted molar refractivity (Wildman–Crippen MR) is 129 cm³/mol.